The molecule has 0 aliphatic rings. The first-order valence-corrected chi connectivity index (χ1v) is 6.82. The summed E-state index contributed by atoms with van der Waals surface area (Å²) in [6.07, 6.45) is -0.452. The summed E-state index contributed by atoms with van der Waals surface area (Å²) in [7, 11) is 0. The molecule has 6 heteroatoms. The number of aryl methyl sites for hydroxylation is 1. The van der Waals surface area contributed by atoms with Crippen molar-refractivity contribution in [1.82, 2.24) is 5.32 Å². The number of carbonyl (C=O) groups excluding carboxylic acids is 1. The number of thiophene rings is 1. The molecule has 1 heterocycles. The van der Waals surface area contributed by atoms with Crippen LogP contribution in [0.15, 0.2) is 11.4 Å². The molecule has 0 bridgehead atoms. The Morgan fingerprint density at radius 1 is 1.47 bits per heavy atom. The summed E-state index contributed by atoms with van der Waals surface area (Å²) in [5, 5.41) is 13.4. The number of ether oxygens (including phenoxy) is 1. The van der Waals surface area contributed by atoms with Crippen LogP contribution >= 0.6 is 11.3 Å². The van der Waals surface area contributed by atoms with Gasteiger partial charge in [-0.05, 0) is 44.7 Å². The molecule has 1 aromatic heterocycles. The fraction of sp³-hybridized carbons (Fsp3) is 0.538. The lowest BCUT2D eigenvalue weighted by Gasteiger charge is -2.21. The van der Waals surface area contributed by atoms with Crippen molar-refractivity contribution in [3.63, 3.8) is 0 Å². The SMILES string of the molecule is Cc1ccsc1C[C@@H](NC(=O)OC(C)(C)C)C(=O)O. The largest absolute Gasteiger partial charge is 0.480 e. The zero-order valence-corrected chi connectivity index (χ0v) is 12.3. The lowest BCUT2D eigenvalue weighted by molar-refractivity contribution is -0.139. The molecule has 0 aliphatic heterocycles. The Labute approximate surface area is 116 Å². The van der Waals surface area contributed by atoms with Crippen LogP contribution in [0.1, 0.15) is 31.2 Å². The molecule has 19 heavy (non-hydrogen) atoms. The van der Waals surface area contributed by atoms with Gasteiger partial charge in [-0.2, -0.15) is 0 Å². The van der Waals surface area contributed by atoms with Crippen molar-refractivity contribution in [3.8, 4) is 0 Å². The van der Waals surface area contributed by atoms with Gasteiger partial charge >= 0.3 is 12.1 Å². The summed E-state index contributed by atoms with van der Waals surface area (Å²) in [5.41, 5.74) is 0.383. The van der Waals surface area contributed by atoms with E-state index in [1.165, 1.54) is 11.3 Å². The highest BCUT2D eigenvalue weighted by Gasteiger charge is 2.24. The van der Waals surface area contributed by atoms with E-state index in [4.69, 9.17) is 9.84 Å². The minimum atomic E-state index is -1.07. The number of hydrogen-bond acceptors (Lipinski definition) is 4. The molecule has 1 atom stereocenters. The first-order valence-electron chi connectivity index (χ1n) is 5.94. The first-order chi connectivity index (χ1) is 8.69. The number of carboxylic acid groups (broad SMARTS) is 1. The number of alkyl carbamates (subject to hydrolysis) is 1. The number of amides is 1. The Morgan fingerprint density at radius 2 is 2.11 bits per heavy atom. The molecule has 1 rings (SSSR count). The van der Waals surface area contributed by atoms with Crippen LogP contribution in [-0.4, -0.2) is 28.8 Å². The van der Waals surface area contributed by atoms with Gasteiger partial charge < -0.3 is 15.2 Å². The second-order valence-corrected chi connectivity index (χ2v) is 6.27. The molecule has 0 fully saturated rings. The summed E-state index contributed by atoms with van der Waals surface area (Å²) < 4.78 is 5.06. The third kappa shape index (κ3) is 5.30. The van der Waals surface area contributed by atoms with E-state index in [9.17, 15) is 9.59 Å². The molecular weight excluding hydrogens is 266 g/mol. The first kappa shape index (κ1) is 15.5. The Balaban J connectivity index is 2.67. The third-order valence-electron chi connectivity index (χ3n) is 2.35. The standard InChI is InChI=1S/C13H19NO4S/c1-8-5-6-19-10(8)7-9(11(15)16)14-12(17)18-13(2,3)4/h5-6,9H,7H2,1-4H3,(H,14,17)(H,15,16)/t9-/m1/s1. The molecule has 106 valence electrons. The summed E-state index contributed by atoms with van der Waals surface area (Å²) >= 11 is 1.48. The van der Waals surface area contributed by atoms with Crippen LogP contribution in [0, 0.1) is 6.92 Å². The van der Waals surface area contributed by atoms with Crippen molar-refractivity contribution in [2.75, 3.05) is 0 Å². The highest BCUT2D eigenvalue weighted by Crippen LogP contribution is 2.18. The maximum absolute atomic E-state index is 11.6. The van der Waals surface area contributed by atoms with Crippen LogP contribution in [0.4, 0.5) is 4.79 Å². The molecule has 1 aromatic rings. The van der Waals surface area contributed by atoms with Crippen molar-refractivity contribution in [2.24, 2.45) is 0 Å². The molecule has 0 aliphatic carbocycles. The Bertz CT molecular complexity index is 461. The zero-order valence-electron chi connectivity index (χ0n) is 11.5. The van der Waals surface area contributed by atoms with E-state index < -0.39 is 23.7 Å². The topological polar surface area (TPSA) is 75.6 Å². The lowest BCUT2D eigenvalue weighted by Crippen LogP contribution is -2.44. The van der Waals surface area contributed by atoms with E-state index in [1.54, 1.807) is 20.8 Å². The van der Waals surface area contributed by atoms with Crippen LogP contribution in [0.2, 0.25) is 0 Å². The molecule has 0 spiro atoms. The Hall–Kier alpha value is -1.56. The predicted molar refractivity (Wildman–Crippen MR) is 73.6 cm³/mol. The Kier molecular flexibility index (Phi) is 4.94. The van der Waals surface area contributed by atoms with Crippen LogP contribution in [0.3, 0.4) is 0 Å². The van der Waals surface area contributed by atoms with Gasteiger partial charge in [-0.1, -0.05) is 0 Å². The monoisotopic (exact) mass is 285 g/mol. The van der Waals surface area contributed by atoms with Crippen LogP contribution in [-0.2, 0) is 16.0 Å². The van der Waals surface area contributed by atoms with E-state index in [0.717, 1.165) is 10.4 Å². The number of hydrogen-bond donors (Lipinski definition) is 2. The third-order valence-corrected chi connectivity index (χ3v) is 3.39. The molecule has 0 aromatic carbocycles. The van der Waals surface area contributed by atoms with E-state index in [2.05, 4.69) is 5.32 Å². The molecule has 0 radical (unpaired) electrons. The summed E-state index contributed by atoms with van der Waals surface area (Å²) in [5.74, 6) is -1.07. The minimum absolute atomic E-state index is 0.262. The quantitative estimate of drug-likeness (QED) is 0.891. The van der Waals surface area contributed by atoms with E-state index in [0.29, 0.717) is 0 Å². The van der Waals surface area contributed by atoms with Gasteiger partial charge in [-0.25, -0.2) is 9.59 Å². The van der Waals surface area contributed by atoms with Gasteiger partial charge in [-0.15, -0.1) is 11.3 Å². The second kappa shape index (κ2) is 6.06. The molecule has 1 amide bonds. The van der Waals surface area contributed by atoms with Crippen molar-refractivity contribution in [1.29, 1.82) is 0 Å². The molecular formula is C13H19NO4S. The van der Waals surface area contributed by atoms with E-state index >= 15 is 0 Å². The summed E-state index contributed by atoms with van der Waals surface area (Å²) in [6, 6.07) is 0.944. The lowest BCUT2D eigenvalue weighted by atomic mass is 10.1. The van der Waals surface area contributed by atoms with E-state index in [1.807, 2.05) is 18.4 Å². The normalized spacial score (nSPS) is 12.8. The molecule has 0 unspecified atom stereocenters. The maximum Gasteiger partial charge on any atom is 0.408 e. The summed E-state index contributed by atoms with van der Waals surface area (Å²) in [6.45, 7) is 7.10. The van der Waals surface area contributed by atoms with Gasteiger partial charge in [0.25, 0.3) is 0 Å². The average Bonchev–Trinajstić information content (AvgIpc) is 2.60. The molecule has 5 nitrogen and oxygen atoms in total. The minimum Gasteiger partial charge on any atom is -0.480 e. The van der Waals surface area contributed by atoms with Crippen molar-refractivity contribution >= 4 is 23.4 Å². The van der Waals surface area contributed by atoms with Crippen LogP contribution in [0.25, 0.3) is 0 Å². The number of carbonyl (C=O) groups is 2. The molecule has 2 N–H and O–H groups in total. The number of aliphatic carboxylic acids is 1. The highest BCUT2D eigenvalue weighted by atomic mass is 32.1. The number of nitrogens with one attached hydrogen (secondary N) is 1. The van der Waals surface area contributed by atoms with E-state index in [-0.39, 0.29) is 6.42 Å². The summed E-state index contributed by atoms with van der Waals surface area (Å²) in [4.78, 5) is 23.7. The van der Waals surface area contributed by atoms with Gasteiger partial charge in [0.05, 0.1) is 0 Å². The van der Waals surface area contributed by atoms with Gasteiger partial charge in [0.2, 0.25) is 0 Å². The van der Waals surface area contributed by atoms with Gasteiger partial charge in [0.1, 0.15) is 11.6 Å². The van der Waals surface area contributed by atoms with Gasteiger partial charge in [0, 0.05) is 11.3 Å². The second-order valence-electron chi connectivity index (χ2n) is 5.27. The van der Waals surface area contributed by atoms with Gasteiger partial charge in [-0.3, -0.25) is 0 Å². The highest BCUT2D eigenvalue weighted by molar-refractivity contribution is 7.10. The molecule has 0 saturated heterocycles. The van der Waals surface area contributed by atoms with Crippen molar-refractivity contribution in [2.45, 2.75) is 45.8 Å². The number of carboxylic acids is 1. The average molecular weight is 285 g/mol. The molecule has 0 saturated carbocycles. The van der Waals surface area contributed by atoms with Crippen molar-refractivity contribution in [3.05, 3.63) is 21.9 Å². The van der Waals surface area contributed by atoms with Crippen LogP contribution < -0.4 is 5.32 Å². The Morgan fingerprint density at radius 3 is 2.53 bits per heavy atom. The fourth-order valence-corrected chi connectivity index (χ4v) is 2.40. The van der Waals surface area contributed by atoms with Crippen molar-refractivity contribution < 1.29 is 19.4 Å². The zero-order chi connectivity index (χ0) is 14.6. The smallest absolute Gasteiger partial charge is 0.408 e. The maximum atomic E-state index is 11.6. The van der Waals surface area contributed by atoms with Crippen LogP contribution in [0.5, 0.6) is 0 Å². The predicted octanol–water partition coefficient (Wildman–Crippen LogP) is 2.58. The van der Waals surface area contributed by atoms with Gasteiger partial charge in [0.15, 0.2) is 0 Å². The fourth-order valence-electron chi connectivity index (χ4n) is 1.45. The number of rotatable bonds is 4.